The van der Waals surface area contributed by atoms with Gasteiger partial charge in [0, 0.05) is 35.8 Å². The normalized spacial score (nSPS) is 11.1. The van der Waals surface area contributed by atoms with E-state index in [9.17, 15) is 4.79 Å². The van der Waals surface area contributed by atoms with Gasteiger partial charge in [-0.05, 0) is 48.7 Å². The molecule has 0 fully saturated rings. The second kappa shape index (κ2) is 8.81. The zero-order valence-corrected chi connectivity index (χ0v) is 15.5. The maximum Gasteiger partial charge on any atom is 0.248 e. The number of pyridine rings is 1. The van der Waals surface area contributed by atoms with Gasteiger partial charge in [-0.2, -0.15) is 0 Å². The molecule has 0 aliphatic heterocycles. The van der Waals surface area contributed by atoms with Crippen LogP contribution in [0.4, 0.5) is 5.69 Å². The Balaban J connectivity index is 1.64. The molecule has 4 heteroatoms. The van der Waals surface area contributed by atoms with Gasteiger partial charge < -0.3 is 10.1 Å². The van der Waals surface area contributed by atoms with Crippen molar-refractivity contribution >= 4 is 17.2 Å². The number of ether oxygens (including phenoxy) is 1. The summed E-state index contributed by atoms with van der Waals surface area (Å²) in [6, 6.07) is 19.2. The zero-order valence-electron chi connectivity index (χ0n) is 15.5. The van der Waals surface area contributed by atoms with Crippen molar-refractivity contribution in [2.45, 2.75) is 20.5 Å². The highest BCUT2D eigenvalue weighted by Gasteiger charge is 2.05. The van der Waals surface area contributed by atoms with E-state index in [-0.39, 0.29) is 5.91 Å². The molecule has 3 rings (SSSR count). The van der Waals surface area contributed by atoms with E-state index in [4.69, 9.17) is 4.74 Å². The topological polar surface area (TPSA) is 51.2 Å². The van der Waals surface area contributed by atoms with Crippen molar-refractivity contribution in [3.63, 3.8) is 0 Å². The first-order valence-electron chi connectivity index (χ1n) is 8.79. The number of amides is 1. The van der Waals surface area contributed by atoms with Gasteiger partial charge in [-0.1, -0.05) is 36.4 Å². The Morgan fingerprint density at radius 1 is 1.11 bits per heavy atom. The van der Waals surface area contributed by atoms with E-state index in [2.05, 4.69) is 10.3 Å². The van der Waals surface area contributed by atoms with E-state index in [0.29, 0.717) is 18.0 Å². The Morgan fingerprint density at radius 3 is 2.74 bits per heavy atom. The minimum atomic E-state index is -0.167. The van der Waals surface area contributed by atoms with Crippen LogP contribution >= 0.6 is 0 Å². The lowest BCUT2D eigenvalue weighted by atomic mass is 10.0. The molecule has 0 spiro atoms. The molecule has 136 valence electrons. The van der Waals surface area contributed by atoms with Gasteiger partial charge in [0.05, 0.1) is 0 Å². The summed E-state index contributed by atoms with van der Waals surface area (Å²) < 4.78 is 5.77. The number of anilines is 1. The highest BCUT2D eigenvalue weighted by molar-refractivity contribution is 6.04. The van der Waals surface area contributed by atoms with Crippen molar-refractivity contribution in [1.29, 1.82) is 0 Å². The number of benzene rings is 2. The number of rotatable bonds is 6. The summed E-state index contributed by atoms with van der Waals surface area (Å²) in [4.78, 5) is 16.4. The van der Waals surface area contributed by atoms with Gasteiger partial charge in [-0.15, -0.1) is 0 Å². The minimum absolute atomic E-state index is 0.167. The Morgan fingerprint density at radius 2 is 1.96 bits per heavy atom. The maximum absolute atomic E-state index is 12.4. The van der Waals surface area contributed by atoms with Crippen LogP contribution in [0.25, 0.3) is 5.57 Å². The van der Waals surface area contributed by atoms with Crippen LogP contribution in [0.2, 0.25) is 0 Å². The predicted molar refractivity (Wildman–Crippen MR) is 108 cm³/mol. The fraction of sp³-hybridized carbons (Fsp3) is 0.130. The molecular formula is C23H22N2O2. The largest absolute Gasteiger partial charge is 0.489 e. The van der Waals surface area contributed by atoms with E-state index in [0.717, 1.165) is 22.3 Å². The molecule has 0 aliphatic rings. The average molecular weight is 358 g/mol. The number of carbonyl (C=O) groups is 1. The Kier molecular flexibility index (Phi) is 6.00. The molecule has 0 radical (unpaired) electrons. The third-order valence-corrected chi connectivity index (χ3v) is 4.15. The number of aromatic nitrogens is 1. The monoisotopic (exact) mass is 358 g/mol. The zero-order chi connectivity index (χ0) is 19.1. The van der Waals surface area contributed by atoms with E-state index < -0.39 is 0 Å². The molecule has 1 heterocycles. The van der Waals surface area contributed by atoms with Gasteiger partial charge in [-0.3, -0.25) is 9.78 Å². The SMILES string of the molecule is C/C(=C\C(=O)Nc1cccc(OCc2cccnc2)c1)c1ccccc1C. The molecule has 2 aromatic carbocycles. The van der Waals surface area contributed by atoms with Crippen LogP contribution in [0.15, 0.2) is 79.1 Å². The van der Waals surface area contributed by atoms with Crippen LogP contribution in [0, 0.1) is 6.92 Å². The lowest BCUT2D eigenvalue weighted by molar-refractivity contribution is -0.111. The Bertz CT molecular complexity index is 949. The fourth-order valence-electron chi connectivity index (χ4n) is 2.78. The van der Waals surface area contributed by atoms with Gasteiger partial charge >= 0.3 is 0 Å². The molecule has 1 amide bonds. The molecule has 0 bridgehead atoms. The Labute approximate surface area is 159 Å². The van der Waals surface area contributed by atoms with Gasteiger partial charge in [0.25, 0.3) is 0 Å². The number of hydrogen-bond acceptors (Lipinski definition) is 3. The van der Waals surface area contributed by atoms with Crippen molar-refractivity contribution in [2.24, 2.45) is 0 Å². The summed E-state index contributed by atoms with van der Waals surface area (Å²) in [6.45, 7) is 4.40. The first-order valence-corrected chi connectivity index (χ1v) is 8.79. The van der Waals surface area contributed by atoms with Gasteiger partial charge in [-0.25, -0.2) is 0 Å². The van der Waals surface area contributed by atoms with Crippen LogP contribution in [0.1, 0.15) is 23.6 Å². The molecule has 1 aromatic heterocycles. The lowest BCUT2D eigenvalue weighted by Crippen LogP contribution is -2.09. The predicted octanol–water partition coefficient (Wildman–Crippen LogP) is 5.01. The number of nitrogens with zero attached hydrogens (tertiary/aromatic N) is 1. The van der Waals surface area contributed by atoms with Crippen LogP contribution in [-0.2, 0) is 11.4 Å². The van der Waals surface area contributed by atoms with Crippen LogP contribution in [-0.4, -0.2) is 10.9 Å². The molecule has 0 unspecified atom stereocenters. The molecule has 0 saturated heterocycles. The number of nitrogens with one attached hydrogen (secondary N) is 1. The smallest absolute Gasteiger partial charge is 0.248 e. The molecule has 0 aliphatic carbocycles. The first-order chi connectivity index (χ1) is 13.1. The van der Waals surface area contributed by atoms with Gasteiger partial charge in [0.15, 0.2) is 0 Å². The van der Waals surface area contributed by atoms with Crippen LogP contribution in [0.5, 0.6) is 5.75 Å². The van der Waals surface area contributed by atoms with Gasteiger partial charge in [0.2, 0.25) is 5.91 Å². The van der Waals surface area contributed by atoms with Crippen LogP contribution in [0.3, 0.4) is 0 Å². The summed E-state index contributed by atoms with van der Waals surface area (Å²) in [5, 5.41) is 2.89. The highest BCUT2D eigenvalue weighted by atomic mass is 16.5. The molecule has 27 heavy (non-hydrogen) atoms. The molecule has 0 saturated carbocycles. The quantitative estimate of drug-likeness (QED) is 0.630. The van der Waals surface area contributed by atoms with Crippen molar-refractivity contribution < 1.29 is 9.53 Å². The standard InChI is InChI=1S/C23H22N2O2/c1-17-7-3-4-11-22(17)18(2)13-23(26)25-20-9-5-10-21(14-20)27-16-19-8-6-12-24-15-19/h3-15H,16H2,1-2H3,(H,25,26)/b18-13+. The van der Waals surface area contributed by atoms with Gasteiger partial charge in [0.1, 0.15) is 12.4 Å². The van der Waals surface area contributed by atoms with E-state index >= 15 is 0 Å². The summed E-state index contributed by atoms with van der Waals surface area (Å²) in [5.41, 5.74) is 4.82. The molecule has 1 N–H and O–H groups in total. The highest BCUT2D eigenvalue weighted by Crippen LogP contribution is 2.20. The molecular weight excluding hydrogens is 336 g/mol. The molecule has 0 atom stereocenters. The number of hydrogen-bond donors (Lipinski definition) is 1. The molecule has 4 nitrogen and oxygen atoms in total. The van der Waals surface area contributed by atoms with E-state index in [1.165, 1.54) is 0 Å². The maximum atomic E-state index is 12.4. The van der Waals surface area contributed by atoms with Crippen molar-refractivity contribution in [2.75, 3.05) is 5.32 Å². The Hall–Kier alpha value is -3.40. The van der Waals surface area contributed by atoms with Crippen molar-refractivity contribution in [3.05, 3.63) is 95.8 Å². The number of aryl methyl sites for hydroxylation is 1. The fourth-order valence-corrected chi connectivity index (χ4v) is 2.78. The third kappa shape index (κ3) is 5.28. The third-order valence-electron chi connectivity index (χ3n) is 4.15. The minimum Gasteiger partial charge on any atom is -0.489 e. The number of allylic oxidation sites excluding steroid dienone is 1. The second-order valence-electron chi connectivity index (χ2n) is 6.31. The van der Waals surface area contributed by atoms with E-state index in [1.807, 2.05) is 74.5 Å². The summed E-state index contributed by atoms with van der Waals surface area (Å²) in [6.07, 6.45) is 5.11. The summed E-state index contributed by atoms with van der Waals surface area (Å²) in [5.74, 6) is 0.524. The molecule has 3 aromatic rings. The van der Waals surface area contributed by atoms with Crippen LogP contribution < -0.4 is 10.1 Å². The summed E-state index contributed by atoms with van der Waals surface area (Å²) in [7, 11) is 0. The lowest BCUT2D eigenvalue weighted by Gasteiger charge is -2.09. The second-order valence-corrected chi connectivity index (χ2v) is 6.31. The van der Waals surface area contributed by atoms with E-state index in [1.54, 1.807) is 18.5 Å². The average Bonchev–Trinajstić information content (AvgIpc) is 2.67. The summed E-state index contributed by atoms with van der Waals surface area (Å²) >= 11 is 0. The van der Waals surface area contributed by atoms with Crippen molar-refractivity contribution in [1.82, 2.24) is 4.98 Å². The first kappa shape index (κ1) is 18.4. The van der Waals surface area contributed by atoms with Crippen molar-refractivity contribution in [3.8, 4) is 5.75 Å². The number of carbonyl (C=O) groups excluding carboxylic acids is 1.